The van der Waals surface area contributed by atoms with Gasteiger partial charge in [-0.25, -0.2) is 4.39 Å². The average molecular weight is 243 g/mol. The predicted molar refractivity (Wildman–Crippen MR) is 65.3 cm³/mol. The van der Waals surface area contributed by atoms with Crippen molar-refractivity contribution >= 4 is 5.88 Å². The molecule has 0 fully saturated rings. The van der Waals surface area contributed by atoms with Crippen molar-refractivity contribution in [3.8, 4) is 17.5 Å². The summed E-state index contributed by atoms with van der Waals surface area (Å²) < 4.78 is 18.9. The van der Waals surface area contributed by atoms with Crippen molar-refractivity contribution < 1.29 is 8.81 Å². The van der Waals surface area contributed by atoms with Crippen molar-refractivity contribution in [3.63, 3.8) is 0 Å². The third-order valence-corrected chi connectivity index (χ3v) is 2.24. The second-order valence-electron chi connectivity index (χ2n) is 3.46. The Labute approximate surface area is 103 Å². The molecule has 90 valence electrons. The summed E-state index contributed by atoms with van der Waals surface area (Å²) in [7, 11) is 0. The average Bonchev–Trinajstić information content (AvgIpc) is 2.80. The van der Waals surface area contributed by atoms with Gasteiger partial charge in [0.15, 0.2) is 0 Å². The molecule has 1 heterocycles. The van der Waals surface area contributed by atoms with Crippen molar-refractivity contribution in [2.45, 2.75) is 0 Å². The third kappa shape index (κ3) is 2.23. The first kappa shape index (κ1) is 11.9. The zero-order valence-electron chi connectivity index (χ0n) is 9.48. The van der Waals surface area contributed by atoms with Crippen molar-refractivity contribution in [3.05, 3.63) is 48.4 Å². The molecule has 0 aliphatic carbocycles. The van der Waals surface area contributed by atoms with E-state index >= 15 is 0 Å². The Morgan fingerprint density at radius 1 is 1.50 bits per heavy atom. The number of nitrogens with zero attached hydrogens (tertiary/aromatic N) is 2. The summed E-state index contributed by atoms with van der Waals surface area (Å²) in [4.78, 5) is 3.95. The summed E-state index contributed by atoms with van der Waals surface area (Å²) in [5, 5.41) is 11.7. The molecule has 0 atom stereocenters. The van der Waals surface area contributed by atoms with Crippen molar-refractivity contribution in [1.82, 2.24) is 4.98 Å². The molecule has 0 unspecified atom stereocenters. The molecule has 4 nitrogen and oxygen atoms in total. The van der Waals surface area contributed by atoms with Gasteiger partial charge in [0.05, 0.1) is 5.56 Å². The van der Waals surface area contributed by atoms with Gasteiger partial charge in [-0.3, -0.25) is 0 Å². The standard InChI is InChI=1S/C13H10FN3O/c1-2-7-16-13-11(8-15)17-12(18-13)9-5-3-4-6-10(9)14/h2-6,16H,1,7H2. The monoisotopic (exact) mass is 243 g/mol. The highest BCUT2D eigenvalue weighted by atomic mass is 19.1. The van der Waals surface area contributed by atoms with Gasteiger partial charge < -0.3 is 9.73 Å². The molecule has 2 aromatic rings. The molecule has 1 N–H and O–H groups in total. The van der Waals surface area contributed by atoms with Crippen LogP contribution < -0.4 is 5.32 Å². The number of hydrogen-bond donors (Lipinski definition) is 1. The number of anilines is 1. The van der Waals surface area contributed by atoms with Crippen LogP contribution in [0.3, 0.4) is 0 Å². The number of nitrogens with one attached hydrogen (secondary N) is 1. The van der Waals surface area contributed by atoms with Crippen molar-refractivity contribution in [2.75, 3.05) is 11.9 Å². The van der Waals surface area contributed by atoms with Crippen LogP contribution in [0.25, 0.3) is 11.5 Å². The van der Waals surface area contributed by atoms with Crippen LogP contribution in [0.4, 0.5) is 10.3 Å². The summed E-state index contributed by atoms with van der Waals surface area (Å²) in [6, 6.07) is 7.98. The number of halogens is 1. The van der Waals surface area contributed by atoms with Crippen molar-refractivity contribution in [2.24, 2.45) is 0 Å². The second kappa shape index (κ2) is 5.15. The molecule has 1 aromatic heterocycles. The van der Waals surface area contributed by atoms with Crippen LogP contribution in [-0.2, 0) is 0 Å². The smallest absolute Gasteiger partial charge is 0.233 e. The minimum atomic E-state index is -0.446. The predicted octanol–water partition coefficient (Wildman–Crippen LogP) is 2.95. The second-order valence-corrected chi connectivity index (χ2v) is 3.46. The minimum absolute atomic E-state index is 0.0798. The molecule has 0 saturated carbocycles. The molecule has 0 amide bonds. The van der Waals surface area contributed by atoms with Crippen LogP contribution in [0.2, 0.25) is 0 Å². The molecule has 0 radical (unpaired) electrons. The summed E-state index contributed by atoms with van der Waals surface area (Å²) in [5.74, 6) is -0.148. The van der Waals surface area contributed by atoms with E-state index < -0.39 is 5.82 Å². The van der Waals surface area contributed by atoms with Gasteiger partial charge in [0.2, 0.25) is 17.5 Å². The van der Waals surface area contributed by atoms with Gasteiger partial charge in [-0.05, 0) is 12.1 Å². The number of hydrogen-bond acceptors (Lipinski definition) is 4. The Morgan fingerprint density at radius 2 is 2.28 bits per heavy atom. The Kier molecular flexibility index (Phi) is 3.39. The van der Waals surface area contributed by atoms with Gasteiger partial charge in [-0.15, -0.1) is 6.58 Å². The van der Waals surface area contributed by atoms with Crippen LogP contribution in [0.1, 0.15) is 5.69 Å². The van der Waals surface area contributed by atoms with E-state index in [2.05, 4.69) is 16.9 Å². The Morgan fingerprint density at radius 3 is 2.94 bits per heavy atom. The number of rotatable bonds is 4. The molecule has 0 aliphatic rings. The SMILES string of the molecule is C=CCNc1oc(-c2ccccc2F)nc1C#N. The van der Waals surface area contributed by atoms with Crippen LogP contribution in [0.5, 0.6) is 0 Å². The molecular weight excluding hydrogens is 233 g/mol. The minimum Gasteiger partial charge on any atom is -0.419 e. The summed E-state index contributed by atoms with van der Waals surface area (Å²) in [6.45, 7) is 3.97. The molecule has 0 aliphatic heterocycles. The number of oxazole rings is 1. The lowest BCUT2D eigenvalue weighted by atomic mass is 10.2. The van der Waals surface area contributed by atoms with E-state index in [1.54, 1.807) is 24.3 Å². The molecule has 0 saturated heterocycles. The van der Waals surface area contributed by atoms with Gasteiger partial charge in [0, 0.05) is 6.54 Å². The zero-order chi connectivity index (χ0) is 13.0. The number of aromatic nitrogens is 1. The Bertz CT molecular complexity index is 613. The van der Waals surface area contributed by atoms with Gasteiger partial charge in [-0.1, -0.05) is 18.2 Å². The molecule has 0 bridgehead atoms. The molecule has 2 rings (SSSR count). The quantitative estimate of drug-likeness (QED) is 0.838. The van der Waals surface area contributed by atoms with E-state index in [1.165, 1.54) is 6.07 Å². The first-order chi connectivity index (χ1) is 8.76. The van der Waals surface area contributed by atoms with E-state index in [4.69, 9.17) is 9.68 Å². The molecular formula is C13H10FN3O. The number of benzene rings is 1. The third-order valence-electron chi connectivity index (χ3n) is 2.24. The van der Waals surface area contributed by atoms with E-state index in [1.807, 2.05) is 6.07 Å². The van der Waals surface area contributed by atoms with Crippen LogP contribution in [0.15, 0.2) is 41.3 Å². The van der Waals surface area contributed by atoms with E-state index in [9.17, 15) is 4.39 Å². The molecule has 1 aromatic carbocycles. The first-order valence-electron chi connectivity index (χ1n) is 5.27. The first-order valence-corrected chi connectivity index (χ1v) is 5.27. The maximum atomic E-state index is 13.6. The van der Waals surface area contributed by atoms with Crippen LogP contribution in [-0.4, -0.2) is 11.5 Å². The summed E-state index contributed by atoms with van der Waals surface area (Å²) in [5.41, 5.74) is 0.316. The molecule has 0 spiro atoms. The molecule has 18 heavy (non-hydrogen) atoms. The lowest BCUT2D eigenvalue weighted by molar-refractivity contribution is 0.572. The summed E-state index contributed by atoms with van der Waals surface area (Å²) >= 11 is 0. The Balaban J connectivity index is 2.42. The van der Waals surface area contributed by atoms with Crippen molar-refractivity contribution in [1.29, 1.82) is 5.26 Å². The molecule has 5 heteroatoms. The fourth-order valence-electron chi connectivity index (χ4n) is 1.43. The Hall–Kier alpha value is -2.61. The topological polar surface area (TPSA) is 61.9 Å². The largest absolute Gasteiger partial charge is 0.419 e. The highest BCUT2D eigenvalue weighted by Crippen LogP contribution is 2.26. The number of nitriles is 1. The van der Waals surface area contributed by atoms with Gasteiger partial charge >= 0.3 is 0 Å². The van der Waals surface area contributed by atoms with Crippen LogP contribution in [0, 0.1) is 17.1 Å². The lowest BCUT2D eigenvalue weighted by Gasteiger charge is -1.98. The van der Waals surface area contributed by atoms with E-state index in [0.29, 0.717) is 6.54 Å². The highest BCUT2D eigenvalue weighted by Gasteiger charge is 2.16. The fraction of sp³-hybridized carbons (Fsp3) is 0.0769. The maximum Gasteiger partial charge on any atom is 0.233 e. The highest BCUT2D eigenvalue weighted by molar-refractivity contribution is 5.59. The normalized spacial score (nSPS) is 9.78. The van der Waals surface area contributed by atoms with Gasteiger partial charge in [0.25, 0.3) is 0 Å². The van der Waals surface area contributed by atoms with E-state index in [-0.39, 0.29) is 23.0 Å². The van der Waals surface area contributed by atoms with Gasteiger partial charge in [0.1, 0.15) is 11.9 Å². The van der Waals surface area contributed by atoms with Gasteiger partial charge in [-0.2, -0.15) is 10.2 Å². The zero-order valence-corrected chi connectivity index (χ0v) is 9.48. The van der Waals surface area contributed by atoms with E-state index in [0.717, 1.165) is 0 Å². The fourth-order valence-corrected chi connectivity index (χ4v) is 1.43. The maximum absolute atomic E-state index is 13.6. The van der Waals surface area contributed by atoms with Crippen LogP contribution >= 0.6 is 0 Å². The lowest BCUT2D eigenvalue weighted by Crippen LogP contribution is -1.97. The summed E-state index contributed by atoms with van der Waals surface area (Å²) in [6.07, 6.45) is 1.62.